The van der Waals surface area contributed by atoms with Crippen LogP contribution < -0.4 is 14.2 Å². The summed E-state index contributed by atoms with van der Waals surface area (Å²) < 4.78 is 16.2. The van der Waals surface area contributed by atoms with Gasteiger partial charge in [0.25, 0.3) is 0 Å². The first kappa shape index (κ1) is 14.6. The molecular weight excluding hydrogens is 274 g/mol. The maximum Gasteiger partial charge on any atom is 0.311 e. The molecule has 2 aromatic rings. The predicted molar refractivity (Wildman–Crippen MR) is 77.5 cm³/mol. The molecular formula is C15H15NO5. The Kier molecular flexibility index (Phi) is 4.27. The molecule has 21 heavy (non-hydrogen) atoms. The molecule has 0 radical (unpaired) electrons. The highest BCUT2D eigenvalue weighted by Gasteiger charge is 2.20. The van der Waals surface area contributed by atoms with Crippen LogP contribution in [0.4, 0.5) is 5.69 Å². The zero-order chi connectivity index (χ0) is 15.4. The van der Waals surface area contributed by atoms with Crippen molar-refractivity contribution in [2.45, 2.75) is 6.92 Å². The second kappa shape index (κ2) is 6.13. The highest BCUT2D eigenvalue weighted by Crippen LogP contribution is 2.42. The van der Waals surface area contributed by atoms with Crippen LogP contribution in [0, 0.1) is 17.0 Å². The lowest BCUT2D eigenvalue weighted by Gasteiger charge is -2.14. The molecule has 0 aromatic heterocycles. The summed E-state index contributed by atoms with van der Waals surface area (Å²) in [6, 6.07) is 9.86. The summed E-state index contributed by atoms with van der Waals surface area (Å²) in [4.78, 5) is 10.6. The van der Waals surface area contributed by atoms with Gasteiger partial charge in [-0.05, 0) is 24.6 Å². The van der Waals surface area contributed by atoms with Crippen LogP contribution in [0.25, 0.3) is 0 Å². The molecule has 0 aliphatic carbocycles. The maximum absolute atomic E-state index is 11.1. The van der Waals surface area contributed by atoms with Crippen LogP contribution in [0.3, 0.4) is 0 Å². The molecule has 0 heterocycles. The summed E-state index contributed by atoms with van der Waals surface area (Å²) in [5.41, 5.74) is 0.564. The molecule has 0 atom stereocenters. The zero-order valence-corrected chi connectivity index (χ0v) is 12.0. The first-order valence-electron chi connectivity index (χ1n) is 6.21. The molecule has 0 unspecified atom stereocenters. The first-order valence-corrected chi connectivity index (χ1v) is 6.21. The summed E-state index contributed by atoms with van der Waals surface area (Å²) in [6.45, 7) is 1.75. The molecule has 0 N–H and O–H groups in total. The van der Waals surface area contributed by atoms with E-state index in [0.29, 0.717) is 22.8 Å². The fourth-order valence-corrected chi connectivity index (χ4v) is 1.96. The third-order valence-electron chi connectivity index (χ3n) is 2.97. The monoisotopic (exact) mass is 289 g/mol. The Labute approximate surface area is 122 Å². The number of nitro groups is 1. The zero-order valence-electron chi connectivity index (χ0n) is 12.0. The lowest BCUT2D eigenvalue weighted by molar-refractivity contribution is -0.385. The van der Waals surface area contributed by atoms with E-state index in [2.05, 4.69) is 0 Å². The van der Waals surface area contributed by atoms with Gasteiger partial charge in [-0.1, -0.05) is 18.2 Å². The molecule has 0 amide bonds. The van der Waals surface area contributed by atoms with Crippen LogP contribution >= 0.6 is 0 Å². The number of aryl methyl sites for hydroxylation is 1. The van der Waals surface area contributed by atoms with Crippen LogP contribution in [0.2, 0.25) is 0 Å². The molecule has 0 fully saturated rings. The average molecular weight is 289 g/mol. The smallest absolute Gasteiger partial charge is 0.311 e. The third kappa shape index (κ3) is 2.89. The van der Waals surface area contributed by atoms with Gasteiger partial charge in [0.2, 0.25) is 11.5 Å². The summed E-state index contributed by atoms with van der Waals surface area (Å²) >= 11 is 0. The van der Waals surface area contributed by atoms with E-state index in [9.17, 15) is 10.1 Å². The molecule has 0 aliphatic heterocycles. The van der Waals surface area contributed by atoms with Crippen molar-refractivity contribution in [2.75, 3.05) is 14.2 Å². The number of hydrogen-bond donors (Lipinski definition) is 0. The van der Waals surface area contributed by atoms with Gasteiger partial charge in [-0.2, -0.15) is 0 Å². The van der Waals surface area contributed by atoms with Crippen molar-refractivity contribution in [3.63, 3.8) is 0 Å². The molecule has 0 spiro atoms. The number of rotatable bonds is 5. The minimum atomic E-state index is -0.477. The number of ether oxygens (including phenoxy) is 3. The number of nitrogens with zero attached hydrogens (tertiary/aromatic N) is 1. The van der Waals surface area contributed by atoms with Crippen LogP contribution in [-0.2, 0) is 0 Å². The Morgan fingerprint density at radius 2 is 1.62 bits per heavy atom. The maximum atomic E-state index is 11.1. The Morgan fingerprint density at radius 1 is 0.952 bits per heavy atom. The standard InChI is InChI=1S/C15H15NO5/c1-10-6-4-7-11(16(17)18)14(10)21-13-9-5-8-12(19-2)15(13)20-3/h4-9H,1-3H3. The molecule has 0 bridgehead atoms. The molecule has 6 heteroatoms. The normalized spacial score (nSPS) is 10.0. The van der Waals surface area contributed by atoms with E-state index < -0.39 is 4.92 Å². The van der Waals surface area contributed by atoms with Crippen molar-refractivity contribution in [3.8, 4) is 23.0 Å². The number of nitro benzene ring substituents is 1. The predicted octanol–water partition coefficient (Wildman–Crippen LogP) is 3.71. The van der Waals surface area contributed by atoms with Crippen LogP contribution in [0.1, 0.15) is 5.56 Å². The van der Waals surface area contributed by atoms with Gasteiger partial charge in [-0.15, -0.1) is 0 Å². The Morgan fingerprint density at radius 3 is 2.24 bits per heavy atom. The fraction of sp³-hybridized carbons (Fsp3) is 0.200. The minimum absolute atomic E-state index is 0.0973. The number of benzene rings is 2. The molecule has 2 rings (SSSR count). The van der Waals surface area contributed by atoms with E-state index in [1.165, 1.54) is 20.3 Å². The van der Waals surface area contributed by atoms with E-state index in [0.717, 1.165) is 0 Å². The summed E-state index contributed by atoms with van der Waals surface area (Å²) in [6.07, 6.45) is 0. The van der Waals surface area contributed by atoms with Gasteiger partial charge in [0, 0.05) is 6.07 Å². The number of para-hydroxylation sites is 2. The second-order valence-corrected chi connectivity index (χ2v) is 4.27. The largest absolute Gasteiger partial charge is 0.493 e. The van der Waals surface area contributed by atoms with E-state index in [1.807, 2.05) is 0 Å². The molecule has 6 nitrogen and oxygen atoms in total. The fourth-order valence-electron chi connectivity index (χ4n) is 1.96. The van der Waals surface area contributed by atoms with Crippen molar-refractivity contribution < 1.29 is 19.1 Å². The van der Waals surface area contributed by atoms with Crippen LogP contribution in [-0.4, -0.2) is 19.1 Å². The highest BCUT2D eigenvalue weighted by atomic mass is 16.6. The lowest BCUT2D eigenvalue weighted by Crippen LogP contribution is -1.98. The van der Waals surface area contributed by atoms with Gasteiger partial charge in [0.1, 0.15) is 0 Å². The molecule has 2 aromatic carbocycles. The van der Waals surface area contributed by atoms with Gasteiger partial charge < -0.3 is 14.2 Å². The number of methoxy groups -OCH3 is 2. The number of hydrogen-bond acceptors (Lipinski definition) is 5. The SMILES string of the molecule is COc1cccc(Oc2c(C)cccc2[N+](=O)[O-])c1OC. The quantitative estimate of drug-likeness (QED) is 0.619. The summed E-state index contributed by atoms with van der Waals surface area (Å²) in [5, 5.41) is 11.1. The van der Waals surface area contributed by atoms with E-state index in [1.54, 1.807) is 37.3 Å². The van der Waals surface area contributed by atoms with E-state index in [-0.39, 0.29) is 11.4 Å². The van der Waals surface area contributed by atoms with Crippen LogP contribution in [0.15, 0.2) is 36.4 Å². The Bertz CT molecular complexity index is 669. The van der Waals surface area contributed by atoms with Crippen molar-refractivity contribution in [1.29, 1.82) is 0 Å². The van der Waals surface area contributed by atoms with Gasteiger partial charge >= 0.3 is 5.69 Å². The first-order chi connectivity index (χ1) is 10.1. The van der Waals surface area contributed by atoms with Gasteiger partial charge in [0.15, 0.2) is 11.5 Å². The van der Waals surface area contributed by atoms with Crippen molar-refractivity contribution in [1.82, 2.24) is 0 Å². The third-order valence-corrected chi connectivity index (χ3v) is 2.97. The average Bonchev–Trinajstić information content (AvgIpc) is 2.48. The van der Waals surface area contributed by atoms with Crippen molar-refractivity contribution >= 4 is 5.69 Å². The highest BCUT2D eigenvalue weighted by molar-refractivity contribution is 5.57. The molecule has 0 aliphatic rings. The van der Waals surface area contributed by atoms with Gasteiger partial charge in [0.05, 0.1) is 19.1 Å². The molecule has 0 saturated heterocycles. The minimum Gasteiger partial charge on any atom is -0.493 e. The topological polar surface area (TPSA) is 70.8 Å². The van der Waals surface area contributed by atoms with Crippen molar-refractivity contribution in [3.05, 3.63) is 52.1 Å². The van der Waals surface area contributed by atoms with E-state index >= 15 is 0 Å². The molecule has 110 valence electrons. The Balaban J connectivity index is 2.51. The second-order valence-electron chi connectivity index (χ2n) is 4.27. The van der Waals surface area contributed by atoms with Crippen molar-refractivity contribution in [2.24, 2.45) is 0 Å². The molecule has 0 saturated carbocycles. The van der Waals surface area contributed by atoms with Gasteiger partial charge in [-0.25, -0.2) is 0 Å². The van der Waals surface area contributed by atoms with Crippen LogP contribution in [0.5, 0.6) is 23.0 Å². The Hall–Kier alpha value is -2.76. The van der Waals surface area contributed by atoms with E-state index in [4.69, 9.17) is 14.2 Å². The van der Waals surface area contributed by atoms with Gasteiger partial charge in [-0.3, -0.25) is 10.1 Å². The summed E-state index contributed by atoms with van der Waals surface area (Å²) in [7, 11) is 2.99. The lowest BCUT2D eigenvalue weighted by atomic mass is 10.2. The summed E-state index contributed by atoms with van der Waals surface area (Å²) in [5.74, 6) is 1.42.